The van der Waals surface area contributed by atoms with Crippen LogP contribution >= 0.6 is 0 Å². The summed E-state index contributed by atoms with van der Waals surface area (Å²) in [5.74, 6) is 0.0519. The fourth-order valence-corrected chi connectivity index (χ4v) is 4.20. The predicted molar refractivity (Wildman–Crippen MR) is 163 cm³/mol. The lowest BCUT2D eigenvalue weighted by Gasteiger charge is -2.14. The monoisotopic (exact) mass is 583 g/mol. The maximum atomic E-state index is 10.3. The van der Waals surface area contributed by atoms with Crippen molar-refractivity contribution in [3.8, 4) is 22.6 Å². The molecule has 0 aliphatic rings. The number of rotatable bonds is 18. The highest BCUT2D eigenvalue weighted by Crippen LogP contribution is 2.26. The van der Waals surface area contributed by atoms with E-state index in [2.05, 4.69) is 29.6 Å². The van der Waals surface area contributed by atoms with Gasteiger partial charge in [0.25, 0.3) is 5.97 Å². The second-order valence-electron chi connectivity index (χ2n) is 9.75. The summed E-state index contributed by atoms with van der Waals surface area (Å²) in [5, 5.41) is 39.8. The number of hydrogen-bond donors (Lipinski definition) is 5. The van der Waals surface area contributed by atoms with E-state index in [1.165, 1.54) is 6.07 Å². The molecular weight excluding hydrogens is 538 g/mol. The Labute approximate surface area is 248 Å². The molecule has 42 heavy (non-hydrogen) atoms. The first-order valence-electron chi connectivity index (χ1n) is 14.2. The maximum absolute atomic E-state index is 10.3. The van der Waals surface area contributed by atoms with Crippen molar-refractivity contribution >= 4 is 5.97 Å². The zero-order valence-corrected chi connectivity index (χ0v) is 24.6. The molecule has 0 bridgehead atoms. The Kier molecular flexibility index (Phi) is 16.9. The average Bonchev–Trinajstić information content (AvgIpc) is 2.99. The number of aliphatic hydroxyl groups excluding tert-OH is 2. The zero-order chi connectivity index (χ0) is 30.6. The number of hydrogen-bond acceptors (Lipinski definition) is 8. The summed E-state index contributed by atoms with van der Waals surface area (Å²) in [5.41, 5.74) is 4.56. The van der Waals surface area contributed by atoms with Crippen molar-refractivity contribution in [1.82, 2.24) is 5.32 Å². The highest BCUT2D eigenvalue weighted by Gasteiger charge is 2.10. The SMILES string of the molecule is CC(=O)O.COc1ccc(-c2ccccc2COCCOCCCCCCNC[C@H](O)c2ccc(O)c(CO)c2)cc1. The van der Waals surface area contributed by atoms with Crippen molar-refractivity contribution in [2.75, 3.05) is 40.0 Å². The van der Waals surface area contributed by atoms with Crippen LogP contribution in [0, 0.1) is 0 Å². The van der Waals surface area contributed by atoms with Crippen LogP contribution in [0.1, 0.15) is 55.4 Å². The summed E-state index contributed by atoms with van der Waals surface area (Å²) < 4.78 is 16.8. The molecule has 0 radical (unpaired) electrons. The number of benzene rings is 3. The summed E-state index contributed by atoms with van der Waals surface area (Å²) in [7, 11) is 1.67. The van der Waals surface area contributed by atoms with E-state index in [0.717, 1.165) is 68.2 Å². The molecular formula is C33H45NO8. The molecule has 0 heterocycles. The standard InChI is InChI=1S/C31H41NO6.C2H4O2/c1-36-28-13-10-24(11-14-28)29-9-5-4-8-26(29)23-38-19-18-37-17-7-3-2-6-16-32-21-31(35)25-12-15-30(34)27(20-25)22-33;1-2(3)4/h4-5,8-15,20,31-35H,2-3,6-7,16-19,21-23H2,1H3;1H3,(H,3,4)/t31-;/m0./s1. The number of aliphatic hydroxyl groups is 2. The van der Waals surface area contributed by atoms with Gasteiger partial charge in [0, 0.05) is 25.6 Å². The Morgan fingerprint density at radius 2 is 1.57 bits per heavy atom. The molecule has 9 heteroatoms. The quantitative estimate of drug-likeness (QED) is 0.130. The van der Waals surface area contributed by atoms with Crippen molar-refractivity contribution in [3.05, 3.63) is 83.4 Å². The fraction of sp³-hybridized carbons (Fsp3) is 0.424. The number of nitrogens with one attached hydrogen (secondary N) is 1. The number of aromatic hydroxyl groups is 1. The van der Waals surface area contributed by atoms with Crippen LogP contribution in [0.25, 0.3) is 11.1 Å². The summed E-state index contributed by atoms with van der Waals surface area (Å²) in [6, 6.07) is 21.1. The molecule has 5 N–H and O–H groups in total. The molecule has 0 spiro atoms. The molecule has 0 saturated heterocycles. The predicted octanol–water partition coefficient (Wildman–Crippen LogP) is 5.07. The molecule has 3 aromatic rings. The Morgan fingerprint density at radius 1 is 0.881 bits per heavy atom. The number of carboxylic acid groups (broad SMARTS) is 1. The minimum absolute atomic E-state index is 0.0412. The van der Waals surface area contributed by atoms with Gasteiger partial charge in [-0.2, -0.15) is 0 Å². The number of aliphatic carboxylic acids is 1. The Hall–Kier alpha value is -3.47. The van der Waals surface area contributed by atoms with E-state index in [0.29, 0.717) is 37.5 Å². The number of carbonyl (C=O) groups is 1. The van der Waals surface area contributed by atoms with Gasteiger partial charge in [0.1, 0.15) is 11.5 Å². The van der Waals surface area contributed by atoms with Crippen LogP contribution < -0.4 is 10.1 Å². The topological polar surface area (TPSA) is 138 Å². The molecule has 0 unspecified atom stereocenters. The third kappa shape index (κ3) is 13.5. The zero-order valence-electron chi connectivity index (χ0n) is 24.6. The Bertz CT molecular complexity index is 1160. The van der Waals surface area contributed by atoms with E-state index in [4.69, 9.17) is 24.1 Å². The summed E-state index contributed by atoms with van der Waals surface area (Å²) >= 11 is 0. The van der Waals surface area contributed by atoms with Gasteiger partial charge in [-0.25, -0.2) is 0 Å². The summed E-state index contributed by atoms with van der Waals surface area (Å²) in [4.78, 5) is 9.00. The van der Waals surface area contributed by atoms with E-state index in [9.17, 15) is 15.3 Å². The van der Waals surface area contributed by atoms with Gasteiger partial charge < -0.3 is 40.0 Å². The normalized spacial score (nSPS) is 11.4. The van der Waals surface area contributed by atoms with Gasteiger partial charge in [0.05, 0.1) is 39.6 Å². The third-order valence-corrected chi connectivity index (χ3v) is 6.44. The van der Waals surface area contributed by atoms with Crippen molar-refractivity contribution in [1.29, 1.82) is 0 Å². The molecule has 0 aliphatic carbocycles. The highest BCUT2D eigenvalue weighted by molar-refractivity contribution is 5.67. The average molecular weight is 584 g/mol. The highest BCUT2D eigenvalue weighted by atomic mass is 16.5. The molecule has 0 amide bonds. The minimum Gasteiger partial charge on any atom is -0.508 e. The van der Waals surface area contributed by atoms with Crippen LogP contribution in [0.3, 0.4) is 0 Å². The van der Waals surface area contributed by atoms with Gasteiger partial charge in [-0.05, 0) is 65.9 Å². The van der Waals surface area contributed by atoms with Gasteiger partial charge in [0.2, 0.25) is 0 Å². The molecule has 0 aromatic heterocycles. The van der Waals surface area contributed by atoms with E-state index >= 15 is 0 Å². The number of ether oxygens (including phenoxy) is 3. The van der Waals surface area contributed by atoms with Crippen LogP contribution in [0.15, 0.2) is 66.7 Å². The fourth-order valence-electron chi connectivity index (χ4n) is 4.20. The van der Waals surface area contributed by atoms with E-state index in [-0.39, 0.29) is 12.4 Å². The van der Waals surface area contributed by atoms with Crippen molar-refractivity contribution in [2.24, 2.45) is 0 Å². The van der Waals surface area contributed by atoms with E-state index in [1.807, 2.05) is 24.3 Å². The largest absolute Gasteiger partial charge is 0.508 e. The number of phenols is 1. The third-order valence-electron chi connectivity index (χ3n) is 6.44. The molecule has 230 valence electrons. The first kappa shape index (κ1) is 34.7. The Morgan fingerprint density at radius 3 is 2.29 bits per heavy atom. The second kappa shape index (κ2) is 20.4. The lowest BCUT2D eigenvalue weighted by molar-refractivity contribution is -0.134. The van der Waals surface area contributed by atoms with Crippen LogP contribution in [0.4, 0.5) is 0 Å². The van der Waals surface area contributed by atoms with Crippen molar-refractivity contribution < 1.29 is 39.4 Å². The smallest absolute Gasteiger partial charge is 0.300 e. The summed E-state index contributed by atoms with van der Waals surface area (Å²) in [6.07, 6.45) is 3.56. The van der Waals surface area contributed by atoms with E-state index in [1.54, 1.807) is 19.2 Å². The minimum atomic E-state index is -0.833. The van der Waals surface area contributed by atoms with Gasteiger partial charge in [-0.15, -0.1) is 0 Å². The maximum Gasteiger partial charge on any atom is 0.300 e. The first-order chi connectivity index (χ1) is 20.3. The van der Waals surface area contributed by atoms with Gasteiger partial charge in [-0.1, -0.05) is 55.3 Å². The lowest BCUT2D eigenvalue weighted by atomic mass is 10.00. The van der Waals surface area contributed by atoms with Crippen molar-refractivity contribution in [2.45, 2.75) is 51.9 Å². The van der Waals surface area contributed by atoms with Gasteiger partial charge >= 0.3 is 0 Å². The van der Waals surface area contributed by atoms with Crippen LogP contribution in [0.5, 0.6) is 11.5 Å². The number of methoxy groups -OCH3 is 1. The molecule has 0 saturated carbocycles. The second-order valence-corrected chi connectivity index (χ2v) is 9.75. The Balaban J connectivity index is 0.00000144. The first-order valence-corrected chi connectivity index (χ1v) is 14.2. The lowest BCUT2D eigenvalue weighted by Crippen LogP contribution is -2.22. The summed E-state index contributed by atoms with van der Waals surface area (Å²) in [6.45, 7) is 4.51. The number of unbranched alkanes of at least 4 members (excludes halogenated alkanes) is 3. The van der Waals surface area contributed by atoms with E-state index < -0.39 is 12.1 Å². The van der Waals surface area contributed by atoms with Gasteiger partial charge in [0.15, 0.2) is 0 Å². The molecule has 9 nitrogen and oxygen atoms in total. The van der Waals surface area contributed by atoms with Gasteiger partial charge in [-0.3, -0.25) is 4.79 Å². The van der Waals surface area contributed by atoms with Crippen LogP contribution in [-0.4, -0.2) is 66.4 Å². The molecule has 0 fully saturated rings. The van der Waals surface area contributed by atoms with Crippen LogP contribution in [-0.2, 0) is 27.5 Å². The molecule has 3 aromatic carbocycles. The molecule has 3 rings (SSSR count). The molecule has 0 aliphatic heterocycles. The van der Waals surface area contributed by atoms with Crippen LogP contribution in [0.2, 0.25) is 0 Å². The molecule has 1 atom stereocenters. The van der Waals surface area contributed by atoms with Crippen molar-refractivity contribution in [3.63, 3.8) is 0 Å². The number of carboxylic acids is 1.